The molecule has 1 N–H and O–H groups in total. The lowest BCUT2D eigenvalue weighted by Gasteiger charge is -2.16. The molecule has 1 saturated heterocycles. The van der Waals surface area contributed by atoms with E-state index in [1.807, 2.05) is 68.4 Å². The Labute approximate surface area is 208 Å². The highest BCUT2D eigenvalue weighted by Gasteiger charge is 2.34. The van der Waals surface area contributed by atoms with Gasteiger partial charge in [-0.1, -0.05) is 29.8 Å². The molecule has 0 spiro atoms. The lowest BCUT2D eigenvalue weighted by molar-refractivity contribution is -0.123. The molecule has 0 saturated carbocycles. The second kappa shape index (κ2) is 10.4. The maximum absolute atomic E-state index is 13.0. The number of ether oxygens (including phenoxy) is 2. The summed E-state index contributed by atoms with van der Waals surface area (Å²) in [6.45, 7) is 2.24. The van der Waals surface area contributed by atoms with Crippen molar-refractivity contribution >= 4 is 29.7 Å². The number of furan rings is 1. The van der Waals surface area contributed by atoms with Gasteiger partial charge in [0, 0.05) is 31.4 Å². The maximum atomic E-state index is 13.0. The lowest BCUT2D eigenvalue weighted by atomic mass is 10.1. The quantitative estimate of drug-likeness (QED) is 0.289. The second-order valence-electron chi connectivity index (χ2n) is 8.53. The van der Waals surface area contributed by atoms with Crippen LogP contribution in [-0.2, 0) is 22.7 Å². The van der Waals surface area contributed by atoms with Crippen molar-refractivity contribution in [3.05, 3.63) is 88.5 Å². The van der Waals surface area contributed by atoms with Crippen molar-refractivity contribution in [3.63, 3.8) is 0 Å². The molecule has 0 radical (unpaired) electrons. The SMILES string of the molecule is COC(=O)c1ccc(CN2C(=O)N/C(=C\c3ccc(N(C)C)cc3OCc3cccc(C)c3)C2=O)o1. The van der Waals surface area contributed by atoms with Crippen LogP contribution in [-0.4, -0.2) is 44.0 Å². The summed E-state index contributed by atoms with van der Waals surface area (Å²) in [6.07, 6.45) is 1.59. The van der Waals surface area contributed by atoms with Gasteiger partial charge in [0.1, 0.15) is 23.8 Å². The molecule has 3 amide bonds. The predicted octanol–water partition coefficient (Wildman–Crippen LogP) is 4.11. The van der Waals surface area contributed by atoms with E-state index < -0.39 is 17.9 Å². The molecule has 1 aliphatic rings. The fourth-order valence-electron chi connectivity index (χ4n) is 3.71. The molecule has 1 fully saturated rings. The van der Waals surface area contributed by atoms with Gasteiger partial charge < -0.3 is 24.1 Å². The third-order valence-corrected chi connectivity index (χ3v) is 5.61. The highest BCUT2D eigenvalue weighted by atomic mass is 16.5. The van der Waals surface area contributed by atoms with Crippen LogP contribution < -0.4 is 15.0 Å². The molecule has 2 heterocycles. The highest BCUT2D eigenvalue weighted by molar-refractivity contribution is 6.14. The molecule has 9 heteroatoms. The number of nitrogens with zero attached hydrogens (tertiary/aromatic N) is 2. The van der Waals surface area contributed by atoms with Crippen molar-refractivity contribution in [2.75, 3.05) is 26.1 Å². The van der Waals surface area contributed by atoms with Crippen LogP contribution >= 0.6 is 0 Å². The van der Waals surface area contributed by atoms with Gasteiger partial charge >= 0.3 is 12.0 Å². The third kappa shape index (κ3) is 5.41. The average molecular weight is 490 g/mol. The summed E-state index contributed by atoms with van der Waals surface area (Å²) in [5.41, 5.74) is 3.83. The molecule has 0 unspecified atom stereocenters. The molecule has 0 bridgehead atoms. The van der Waals surface area contributed by atoms with Gasteiger partial charge in [-0.2, -0.15) is 0 Å². The van der Waals surface area contributed by atoms with E-state index in [9.17, 15) is 14.4 Å². The van der Waals surface area contributed by atoms with Crippen LogP contribution in [0.15, 0.2) is 64.7 Å². The Morgan fingerprint density at radius 1 is 1.11 bits per heavy atom. The Hall–Kier alpha value is -4.53. The van der Waals surface area contributed by atoms with Crippen molar-refractivity contribution in [1.82, 2.24) is 10.2 Å². The van der Waals surface area contributed by atoms with E-state index in [-0.39, 0.29) is 23.8 Å². The number of methoxy groups -OCH3 is 1. The first-order chi connectivity index (χ1) is 17.2. The van der Waals surface area contributed by atoms with E-state index in [0.29, 0.717) is 17.9 Å². The Morgan fingerprint density at radius 3 is 2.64 bits per heavy atom. The number of hydrogen-bond acceptors (Lipinski definition) is 7. The molecule has 1 aliphatic heterocycles. The highest BCUT2D eigenvalue weighted by Crippen LogP contribution is 2.29. The van der Waals surface area contributed by atoms with Crippen molar-refractivity contribution in [2.24, 2.45) is 0 Å². The normalized spacial score (nSPS) is 14.2. The van der Waals surface area contributed by atoms with Crippen LogP contribution in [0.3, 0.4) is 0 Å². The van der Waals surface area contributed by atoms with Crippen LogP contribution in [0.1, 0.15) is 33.0 Å². The fourth-order valence-corrected chi connectivity index (χ4v) is 3.71. The molecule has 2 aromatic carbocycles. The topological polar surface area (TPSA) is 101 Å². The Bertz CT molecular complexity index is 1340. The number of aryl methyl sites for hydroxylation is 1. The predicted molar refractivity (Wildman–Crippen MR) is 133 cm³/mol. The smallest absolute Gasteiger partial charge is 0.373 e. The van der Waals surface area contributed by atoms with Gasteiger partial charge in [0.15, 0.2) is 0 Å². The largest absolute Gasteiger partial charge is 0.488 e. The van der Waals surface area contributed by atoms with Gasteiger partial charge in [0.2, 0.25) is 5.76 Å². The minimum atomic E-state index is -0.640. The summed E-state index contributed by atoms with van der Waals surface area (Å²) in [7, 11) is 5.09. The van der Waals surface area contributed by atoms with Crippen LogP contribution in [0.25, 0.3) is 6.08 Å². The van der Waals surface area contributed by atoms with E-state index in [0.717, 1.165) is 21.7 Å². The number of hydrogen-bond donors (Lipinski definition) is 1. The Balaban J connectivity index is 1.56. The molecular weight excluding hydrogens is 462 g/mol. The number of esters is 1. The van der Waals surface area contributed by atoms with Crippen LogP contribution in [0.5, 0.6) is 5.75 Å². The number of imide groups is 1. The number of benzene rings is 2. The van der Waals surface area contributed by atoms with Gasteiger partial charge in [-0.3, -0.25) is 9.69 Å². The van der Waals surface area contributed by atoms with Crippen LogP contribution in [0.2, 0.25) is 0 Å². The number of anilines is 1. The van der Waals surface area contributed by atoms with Crippen molar-refractivity contribution < 1.29 is 28.3 Å². The van der Waals surface area contributed by atoms with Gasteiger partial charge in [-0.05, 0) is 42.8 Å². The number of rotatable bonds is 8. The van der Waals surface area contributed by atoms with Gasteiger partial charge in [-0.15, -0.1) is 0 Å². The van der Waals surface area contributed by atoms with E-state index >= 15 is 0 Å². The first kappa shape index (κ1) is 24.6. The number of amides is 3. The summed E-state index contributed by atoms with van der Waals surface area (Å²) in [5, 5.41) is 2.61. The van der Waals surface area contributed by atoms with E-state index in [1.165, 1.54) is 19.2 Å². The van der Waals surface area contributed by atoms with Gasteiger partial charge in [0.05, 0.1) is 13.7 Å². The number of carbonyl (C=O) groups is 3. The molecule has 1 aromatic heterocycles. The van der Waals surface area contributed by atoms with E-state index in [1.54, 1.807) is 6.08 Å². The number of carbonyl (C=O) groups excluding carboxylic acids is 3. The molecule has 36 heavy (non-hydrogen) atoms. The summed E-state index contributed by atoms with van der Waals surface area (Å²) in [6, 6.07) is 16.0. The lowest BCUT2D eigenvalue weighted by Crippen LogP contribution is -2.30. The maximum Gasteiger partial charge on any atom is 0.373 e. The first-order valence-corrected chi connectivity index (χ1v) is 11.3. The molecule has 0 atom stereocenters. The number of urea groups is 1. The first-order valence-electron chi connectivity index (χ1n) is 11.3. The summed E-state index contributed by atoms with van der Waals surface area (Å²) >= 11 is 0. The third-order valence-electron chi connectivity index (χ3n) is 5.61. The fraction of sp³-hybridized carbons (Fsp3) is 0.222. The molecule has 9 nitrogen and oxygen atoms in total. The molecule has 4 rings (SSSR count). The van der Waals surface area contributed by atoms with Crippen molar-refractivity contribution in [3.8, 4) is 5.75 Å². The average Bonchev–Trinajstić information content (AvgIpc) is 3.43. The van der Waals surface area contributed by atoms with Crippen molar-refractivity contribution in [2.45, 2.75) is 20.1 Å². The van der Waals surface area contributed by atoms with Crippen molar-refractivity contribution in [1.29, 1.82) is 0 Å². The molecule has 186 valence electrons. The summed E-state index contributed by atoms with van der Waals surface area (Å²) in [4.78, 5) is 40.1. The monoisotopic (exact) mass is 489 g/mol. The standard InChI is InChI=1S/C27H27N3O6/c1-17-6-5-7-18(12-17)16-35-24-14-20(29(2)3)9-8-19(24)13-22-25(31)30(27(33)28-22)15-21-10-11-23(36-21)26(32)34-4/h5-14H,15-16H2,1-4H3,(H,28,33)/b22-13-. The van der Waals surface area contributed by atoms with E-state index in [4.69, 9.17) is 9.15 Å². The van der Waals surface area contributed by atoms with Gasteiger partial charge in [-0.25, -0.2) is 9.59 Å². The molecule has 3 aromatic rings. The second-order valence-corrected chi connectivity index (χ2v) is 8.53. The number of nitrogens with one attached hydrogen (secondary N) is 1. The zero-order chi connectivity index (χ0) is 25.8. The summed E-state index contributed by atoms with van der Waals surface area (Å²) in [5.74, 6) is -0.315. The minimum absolute atomic E-state index is 0.00768. The molecular formula is C27H27N3O6. The Kier molecular flexibility index (Phi) is 7.10. The molecule has 0 aliphatic carbocycles. The zero-order valence-corrected chi connectivity index (χ0v) is 20.5. The van der Waals surface area contributed by atoms with Crippen LogP contribution in [0.4, 0.5) is 10.5 Å². The Morgan fingerprint density at radius 2 is 1.92 bits per heavy atom. The minimum Gasteiger partial charge on any atom is -0.488 e. The van der Waals surface area contributed by atoms with E-state index in [2.05, 4.69) is 10.1 Å². The zero-order valence-electron chi connectivity index (χ0n) is 20.5. The van der Waals surface area contributed by atoms with Gasteiger partial charge in [0.25, 0.3) is 5.91 Å². The van der Waals surface area contributed by atoms with Crippen LogP contribution in [0, 0.1) is 6.92 Å². The summed E-state index contributed by atoms with van der Waals surface area (Å²) < 4.78 is 16.1.